The van der Waals surface area contributed by atoms with Crippen LogP contribution >= 0.6 is 0 Å². The molecule has 0 bridgehead atoms. The fraction of sp³-hybridized carbons (Fsp3) is 0.647. The molecule has 1 unspecified atom stereocenters. The lowest BCUT2D eigenvalue weighted by atomic mass is 9.94. The molecule has 19 heavy (non-hydrogen) atoms. The Balaban J connectivity index is 1.83. The normalized spacial score (nSPS) is 21.5. The fourth-order valence-electron chi connectivity index (χ4n) is 3.84. The molecule has 3 rings (SSSR count). The second-order valence-electron chi connectivity index (χ2n) is 6.33. The molecule has 0 radical (unpaired) electrons. The van der Waals surface area contributed by atoms with E-state index < -0.39 is 0 Å². The van der Waals surface area contributed by atoms with Crippen molar-refractivity contribution in [3.05, 3.63) is 29.3 Å². The van der Waals surface area contributed by atoms with Gasteiger partial charge in [-0.2, -0.15) is 0 Å². The molecule has 1 aliphatic heterocycles. The number of anilines is 1. The van der Waals surface area contributed by atoms with Gasteiger partial charge < -0.3 is 10.6 Å². The summed E-state index contributed by atoms with van der Waals surface area (Å²) in [7, 11) is 0. The minimum Gasteiger partial charge on any atom is -0.368 e. The van der Waals surface area contributed by atoms with E-state index in [4.69, 9.17) is 5.73 Å². The Morgan fingerprint density at radius 1 is 1.26 bits per heavy atom. The van der Waals surface area contributed by atoms with Gasteiger partial charge in [-0.25, -0.2) is 0 Å². The molecule has 0 spiro atoms. The Labute approximate surface area is 117 Å². The van der Waals surface area contributed by atoms with Gasteiger partial charge in [-0.05, 0) is 49.8 Å². The highest BCUT2D eigenvalue weighted by atomic mass is 15.2. The van der Waals surface area contributed by atoms with Crippen LogP contribution in [0.4, 0.5) is 5.69 Å². The molecule has 1 aromatic carbocycles. The number of hydrogen-bond donors (Lipinski definition) is 1. The molecular formula is C17H26N2. The van der Waals surface area contributed by atoms with Crippen LogP contribution in [-0.2, 0) is 12.8 Å². The third-order valence-corrected chi connectivity index (χ3v) is 4.72. The van der Waals surface area contributed by atoms with E-state index in [0.717, 1.165) is 12.5 Å². The second-order valence-corrected chi connectivity index (χ2v) is 6.33. The molecule has 0 saturated heterocycles. The predicted molar refractivity (Wildman–Crippen MR) is 81.7 cm³/mol. The summed E-state index contributed by atoms with van der Waals surface area (Å²) in [6, 6.07) is 7.86. The molecule has 104 valence electrons. The zero-order valence-electron chi connectivity index (χ0n) is 12.1. The highest BCUT2D eigenvalue weighted by molar-refractivity contribution is 5.61. The standard InChI is InChI=1S/C17H26N2/c1-13(18)12-14-6-5-9-17-16(14)10-11-19(17)15-7-3-2-4-8-15/h5-6,9,13,15H,2-4,7-8,10-12,18H2,1H3. The number of nitrogens with zero attached hydrogens (tertiary/aromatic N) is 1. The summed E-state index contributed by atoms with van der Waals surface area (Å²) in [6.07, 6.45) is 9.26. The van der Waals surface area contributed by atoms with Gasteiger partial charge in [0.25, 0.3) is 0 Å². The first-order valence-corrected chi connectivity index (χ1v) is 7.88. The van der Waals surface area contributed by atoms with Crippen molar-refractivity contribution in [1.29, 1.82) is 0 Å². The van der Waals surface area contributed by atoms with Crippen LogP contribution in [0.15, 0.2) is 18.2 Å². The van der Waals surface area contributed by atoms with Crippen LogP contribution in [0.25, 0.3) is 0 Å². The van der Waals surface area contributed by atoms with Crippen LogP contribution in [0.5, 0.6) is 0 Å². The zero-order valence-corrected chi connectivity index (χ0v) is 12.1. The van der Waals surface area contributed by atoms with Gasteiger partial charge in [-0.3, -0.25) is 0 Å². The minimum absolute atomic E-state index is 0.259. The van der Waals surface area contributed by atoms with Crippen molar-refractivity contribution in [3.8, 4) is 0 Å². The van der Waals surface area contributed by atoms with Gasteiger partial charge in [-0.15, -0.1) is 0 Å². The third kappa shape index (κ3) is 2.64. The van der Waals surface area contributed by atoms with Crippen LogP contribution in [0.3, 0.4) is 0 Å². The van der Waals surface area contributed by atoms with Gasteiger partial charge >= 0.3 is 0 Å². The van der Waals surface area contributed by atoms with Crippen molar-refractivity contribution in [2.24, 2.45) is 5.73 Å². The molecule has 1 atom stereocenters. The maximum absolute atomic E-state index is 5.98. The van der Waals surface area contributed by atoms with E-state index in [9.17, 15) is 0 Å². The van der Waals surface area contributed by atoms with E-state index in [1.165, 1.54) is 56.3 Å². The molecule has 1 aromatic rings. The molecule has 1 aliphatic carbocycles. The van der Waals surface area contributed by atoms with Crippen molar-refractivity contribution in [2.45, 2.75) is 64.0 Å². The van der Waals surface area contributed by atoms with Crippen LogP contribution in [0, 0.1) is 0 Å². The minimum atomic E-state index is 0.259. The molecule has 1 saturated carbocycles. The number of fused-ring (bicyclic) bond motifs is 1. The molecule has 1 heterocycles. The average Bonchev–Trinajstić information content (AvgIpc) is 2.84. The van der Waals surface area contributed by atoms with Gasteiger partial charge in [0.15, 0.2) is 0 Å². The van der Waals surface area contributed by atoms with E-state index in [2.05, 4.69) is 30.0 Å². The second kappa shape index (κ2) is 5.54. The Bertz CT molecular complexity index is 433. The molecule has 1 fully saturated rings. The molecule has 2 heteroatoms. The predicted octanol–water partition coefficient (Wildman–Crippen LogP) is 3.27. The Hall–Kier alpha value is -1.02. The quantitative estimate of drug-likeness (QED) is 0.901. The first-order valence-electron chi connectivity index (χ1n) is 7.88. The van der Waals surface area contributed by atoms with Crippen molar-refractivity contribution in [3.63, 3.8) is 0 Å². The van der Waals surface area contributed by atoms with Crippen molar-refractivity contribution >= 4 is 5.69 Å². The highest BCUT2D eigenvalue weighted by Crippen LogP contribution is 2.36. The summed E-state index contributed by atoms with van der Waals surface area (Å²) < 4.78 is 0. The van der Waals surface area contributed by atoms with Gasteiger partial charge in [0.2, 0.25) is 0 Å². The molecule has 2 aliphatic rings. The maximum atomic E-state index is 5.98. The summed E-state index contributed by atoms with van der Waals surface area (Å²) in [5.74, 6) is 0. The van der Waals surface area contributed by atoms with Crippen molar-refractivity contribution in [2.75, 3.05) is 11.4 Å². The van der Waals surface area contributed by atoms with Crippen LogP contribution in [0.1, 0.15) is 50.2 Å². The summed E-state index contributed by atoms with van der Waals surface area (Å²) in [4.78, 5) is 2.68. The van der Waals surface area contributed by atoms with Crippen LogP contribution in [0.2, 0.25) is 0 Å². The lowest BCUT2D eigenvalue weighted by Gasteiger charge is -2.33. The number of benzene rings is 1. The Morgan fingerprint density at radius 2 is 2.05 bits per heavy atom. The summed E-state index contributed by atoms with van der Waals surface area (Å²) in [5.41, 5.74) is 10.5. The van der Waals surface area contributed by atoms with E-state index >= 15 is 0 Å². The average molecular weight is 258 g/mol. The SMILES string of the molecule is CC(N)Cc1cccc2c1CCN2C1CCCCC1. The van der Waals surface area contributed by atoms with E-state index in [0.29, 0.717) is 0 Å². The van der Waals surface area contributed by atoms with E-state index in [-0.39, 0.29) is 6.04 Å². The number of rotatable bonds is 3. The highest BCUT2D eigenvalue weighted by Gasteiger charge is 2.28. The molecule has 2 nitrogen and oxygen atoms in total. The van der Waals surface area contributed by atoms with Crippen molar-refractivity contribution in [1.82, 2.24) is 0 Å². The van der Waals surface area contributed by atoms with Crippen molar-refractivity contribution < 1.29 is 0 Å². The lowest BCUT2D eigenvalue weighted by Crippen LogP contribution is -2.35. The van der Waals surface area contributed by atoms with Crippen LogP contribution in [-0.4, -0.2) is 18.6 Å². The van der Waals surface area contributed by atoms with Gasteiger partial charge in [0.05, 0.1) is 0 Å². The first kappa shape index (κ1) is 13.0. The molecule has 2 N–H and O–H groups in total. The summed E-state index contributed by atoms with van der Waals surface area (Å²) in [5, 5.41) is 0. The topological polar surface area (TPSA) is 29.3 Å². The summed E-state index contributed by atoms with van der Waals surface area (Å²) >= 11 is 0. The van der Waals surface area contributed by atoms with Gasteiger partial charge in [0.1, 0.15) is 0 Å². The zero-order chi connectivity index (χ0) is 13.2. The monoisotopic (exact) mass is 258 g/mol. The Kier molecular flexibility index (Phi) is 3.79. The molecule has 0 aromatic heterocycles. The molecular weight excluding hydrogens is 232 g/mol. The Morgan fingerprint density at radius 3 is 2.79 bits per heavy atom. The van der Waals surface area contributed by atoms with Crippen LogP contribution < -0.4 is 10.6 Å². The smallest absolute Gasteiger partial charge is 0.0404 e. The van der Waals surface area contributed by atoms with E-state index in [1.807, 2.05) is 0 Å². The third-order valence-electron chi connectivity index (χ3n) is 4.72. The number of hydrogen-bond acceptors (Lipinski definition) is 2. The van der Waals surface area contributed by atoms with Gasteiger partial charge in [-0.1, -0.05) is 31.4 Å². The largest absolute Gasteiger partial charge is 0.368 e. The lowest BCUT2D eigenvalue weighted by molar-refractivity contribution is 0.420. The number of nitrogens with two attached hydrogens (primary N) is 1. The van der Waals surface area contributed by atoms with E-state index in [1.54, 1.807) is 5.56 Å². The maximum Gasteiger partial charge on any atom is 0.0404 e. The summed E-state index contributed by atoms with van der Waals surface area (Å²) in [6.45, 7) is 3.32. The fourth-order valence-corrected chi connectivity index (χ4v) is 3.84. The molecule has 0 amide bonds. The van der Waals surface area contributed by atoms with Gasteiger partial charge in [0, 0.05) is 24.3 Å². The first-order chi connectivity index (χ1) is 9.25.